The van der Waals surface area contributed by atoms with E-state index in [9.17, 15) is 9.59 Å². The summed E-state index contributed by atoms with van der Waals surface area (Å²) in [6, 6.07) is 10.6. The minimum atomic E-state index is -1.51. The van der Waals surface area contributed by atoms with E-state index in [4.69, 9.17) is 5.11 Å². The highest BCUT2D eigenvalue weighted by Crippen LogP contribution is 2.26. The molecule has 0 saturated carbocycles. The maximum absolute atomic E-state index is 11.1. The normalized spacial score (nSPS) is 9.88. The smallest absolute Gasteiger partial charge is 0.394 e. The predicted molar refractivity (Wildman–Crippen MR) is 62.5 cm³/mol. The maximum atomic E-state index is 11.1. The van der Waals surface area contributed by atoms with Gasteiger partial charge in [-0.1, -0.05) is 18.2 Å². The monoisotopic (exact) mass is 230 g/mol. The molecule has 0 atom stereocenters. The average Bonchev–Trinajstić information content (AvgIpc) is 2.83. The van der Waals surface area contributed by atoms with Gasteiger partial charge in [0.25, 0.3) is 0 Å². The number of para-hydroxylation sites is 1. The molecule has 17 heavy (non-hydrogen) atoms. The van der Waals surface area contributed by atoms with E-state index in [1.165, 1.54) is 0 Å². The molecule has 0 spiro atoms. The summed E-state index contributed by atoms with van der Waals surface area (Å²) >= 11 is 0. The molecule has 2 rings (SSSR count). The third kappa shape index (κ3) is 2.34. The third-order valence-electron chi connectivity index (χ3n) is 2.26. The van der Waals surface area contributed by atoms with Crippen LogP contribution >= 0.6 is 0 Å². The lowest BCUT2D eigenvalue weighted by molar-refractivity contribution is -0.147. The number of carboxylic acids is 1. The van der Waals surface area contributed by atoms with Gasteiger partial charge in [0.1, 0.15) is 0 Å². The summed E-state index contributed by atoms with van der Waals surface area (Å²) < 4.78 is 0. The Hall–Kier alpha value is -2.56. The van der Waals surface area contributed by atoms with Gasteiger partial charge in [0, 0.05) is 17.5 Å². The number of carbonyl (C=O) groups is 2. The summed E-state index contributed by atoms with van der Waals surface area (Å²) in [6.07, 6.45) is 1.76. The average molecular weight is 230 g/mol. The van der Waals surface area contributed by atoms with Crippen LogP contribution in [0.2, 0.25) is 0 Å². The molecule has 0 aliphatic heterocycles. The largest absolute Gasteiger partial charge is 0.474 e. The highest BCUT2D eigenvalue weighted by molar-refractivity contribution is 6.36. The predicted octanol–water partition coefficient (Wildman–Crippen LogP) is 1.70. The topological polar surface area (TPSA) is 82.2 Å². The SMILES string of the molecule is O=C(O)C(=O)Nc1ccccc1-c1ccc[nH]1. The number of rotatable bonds is 2. The van der Waals surface area contributed by atoms with Gasteiger partial charge in [-0.25, -0.2) is 4.79 Å². The zero-order valence-electron chi connectivity index (χ0n) is 8.81. The standard InChI is InChI=1S/C12H10N2O3/c15-11(12(16)17)14-10-5-2-1-4-8(10)9-6-3-7-13-9/h1-7,13H,(H,14,15)(H,16,17). The molecule has 1 aromatic carbocycles. The van der Waals surface area contributed by atoms with Crippen molar-refractivity contribution in [2.45, 2.75) is 0 Å². The number of carboxylic acid groups (broad SMARTS) is 1. The molecular formula is C12H10N2O3. The van der Waals surface area contributed by atoms with E-state index in [1.807, 2.05) is 18.2 Å². The van der Waals surface area contributed by atoms with Gasteiger partial charge in [0.05, 0.1) is 5.69 Å². The summed E-state index contributed by atoms with van der Waals surface area (Å²) in [5, 5.41) is 10.9. The van der Waals surface area contributed by atoms with E-state index in [0.29, 0.717) is 5.69 Å². The van der Waals surface area contributed by atoms with Crippen LogP contribution in [0, 0.1) is 0 Å². The molecule has 5 nitrogen and oxygen atoms in total. The molecular weight excluding hydrogens is 220 g/mol. The number of aliphatic carboxylic acids is 1. The lowest BCUT2D eigenvalue weighted by Crippen LogP contribution is -2.22. The number of benzene rings is 1. The van der Waals surface area contributed by atoms with Crippen LogP contribution in [0.5, 0.6) is 0 Å². The summed E-state index contributed by atoms with van der Waals surface area (Å²) in [5.41, 5.74) is 2.01. The highest BCUT2D eigenvalue weighted by atomic mass is 16.4. The van der Waals surface area contributed by atoms with Crippen molar-refractivity contribution in [2.75, 3.05) is 5.32 Å². The van der Waals surface area contributed by atoms with E-state index in [0.717, 1.165) is 11.3 Å². The number of nitrogens with one attached hydrogen (secondary N) is 2. The van der Waals surface area contributed by atoms with Crippen molar-refractivity contribution in [3.63, 3.8) is 0 Å². The van der Waals surface area contributed by atoms with Crippen molar-refractivity contribution >= 4 is 17.6 Å². The van der Waals surface area contributed by atoms with Crippen LogP contribution in [-0.4, -0.2) is 22.0 Å². The van der Waals surface area contributed by atoms with Gasteiger partial charge in [-0.3, -0.25) is 4.79 Å². The van der Waals surface area contributed by atoms with E-state index < -0.39 is 11.9 Å². The van der Waals surface area contributed by atoms with Gasteiger partial charge in [0.2, 0.25) is 0 Å². The number of aromatic amines is 1. The van der Waals surface area contributed by atoms with E-state index in [-0.39, 0.29) is 0 Å². The summed E-state index contributed by atoms with van der Waals surface area (Å²) in [6.45, 7) is 0. The Bertz CT molecular complexity index is 547. The fraction of sp³-hybridized carbons (Fsp3) is 0. The first-order valence-corrected chi connectivity index (χ1v) is 4.95. The van der Waals surface area contributed by atoms with Gasteiger partial charge < -0.3 is 15.4 Å². The van der Waals surface area contributed by atoms with Crippen molar-refractivity contribution in [1.29, 1.82) is 0 Å². The summed E-state index contributed by atoms with van der Waals surface area (Å²) in [5.74, 6) is -2.56. The molecule has 0 unspecified atom stereocenters. The van der Waals surface area contributed by atoms with Gasteiger partial charge in [0.15, 0.2) is 0 Å². The summed E-state index contributed by atoms with van der Waals surface area (Å²) in [7, 11) is 0. The molecule has 1 heterocycles. The van der Waals surface area contributed by atoms with Crippen LogP contribution in [-0.2, 0) is 9.59 Å². The zero-order chi connectivity index (χ0) is 12.3. The molecule has 86 valence electrons. The van der Waals surface area contributed by atoms with Crippen molar-refractivity contribution < 1.29 is 14.7 Å². The van der Waals surface area contributed by atoms with Gasteiger partial charge in [-0.05, 0) is 18.2 Å². The Morgan fingerprint density at radius 3 is 2.53 bits per heavy atom. The highest BCUT2D eigenvalue weighted by Gasteiger charge is 2.13. The second-order valence-corrected chi connectivity index (χ2v) is 3.39. The molecule has 0 saturated heterocycles. The van der Waals surface area contributed by atoms with Crippen LogP contribution in [0.4, 0.5) is 5.69 Å². The lowest BCUT2D eigenvalue weighted by atomic mass is 10.1. The Kier molecular flexibility index (Phi) is 2.91. The molecule has 0 bridgehead atoms. The van der Waals surface area contributed by atoms with Crippen LogP contribution < -0.4 is 5.32 Å². The fourth-order valence-electron chi connectivity index (χ4n) is 1.50. The first-order chi connectivity index (χ1) is 8.18. The number of hydrogen-bond acceptors (Lipinski definition) is 2. The van der Waals surface area contributed by atoms with Gasteiger partial charge in [-0.15, -0.1) is 0 Å². The maximum Gasteiger partial charge on any atom is 0.394 e. The number of carbonyl (C=O) groups excluding carboxylic acids is 1. The van der Waals surface area contributed by atoms with Gasteiger partial charge in [-0.2, -0.15) is 0 Å². The Morgan fingerprint density at radius 2 is 1.88 bits per heavy atom. The molecule has 5 heteroatoms. The van der Waals surface area contributed by atoms with Crippen LogP contribution in [0.1, 0.15) is 0 Å². The Morgan fingerprint density at radius 1 is 1.12 bits per heavy atom. The Balaban J connectivity index is 2.35. The van der Waals surface area contributed by atoms with Crippen LogP contribution in [0.25, 0.3) is 11.3 Å². The quantitative estimate of drug-likeness (QED) is 0.687. The summed E-state index contributed by atoms with van der Waals surface area (Å²) in [4.78, 5) is 24.6. The molecule has 1 amide bonds. The number of anilines is 1. The third-order valence-corrected chi connectivity index (χ3v) is 2.26. The molecule has 0 aliphatic carbocycles. The van der Waals surface area contributed by atoms with Crippen LogP contribution in [0.15, 0.2) is 42.6 Å². The molecule has 2 aromatic rings. The molecule has 0 radical (unpaired) electrons. The number of hydrogen-bond donors (Lipinski definition) is 3. The molecule has 0 aliphatic rings. The van der Waals surface area contributed by atoms with Gasteiger partial charge >= 0.3 is 11.9 Å². The zero-order valence-corrected chi connectivity index (χ0v) is 8.81. The second-order valence-electron chi connectivity index (χ2n) is 3.39. The minimum Gasteiger partial charge on any atom is -0.474 e. The van der Waals surface area contributed by atoms with Crippen molar-refractivity contribution in [3.8, 4) is 11.3 Å². The van der Waals surface area contributed by atoms with E-state index in [1.54, 1.807) is 24.4 Å². The molecule has 1 aromatic heterocycles. The van der Waals surface area contributed by atoms with E-state index in [2.05, 4.69) is 10.3 Å². The van der Waals surface area contributed by atoms with E-state index >= 15 is 0 Å². The second kappa shape index (κ2) is 4.52. The number of aromatic nitrogens is 1. The first-order valence-electron chi connectivity index (χ1n) is 4.95. The minimum absolute atomic E-state index is 0.461. The first kappa shape index (κ1) is 10.9. The molecule has 3 N–H and O–H groups in total. The number of amides is 1. The lowest BCUT2D eigenvalue weighted by Gasteiger charge is -2.07. The van der Waals surface area contributed by atoms with Crippen molar-refractivity contribution in [2.24, 2.45) is 0 Å². The van der Waals surface area contributed by atoms with Crippen molar-refractivity contribution in [3.05, 3.63) is 42.6 Å². The van der Waals surface area contributed by atoms with Crippen LogP contribution in [0.3, 0.4) is 0 Å². The fourth-order valence-corrected chi connectivity index (χ4v) is 1.50. The number of H-pyrrole nitrogens is 1. The molecule has 0 fully saturated rings. The Labute approximate surface area is 97.1 Å². The van der Waals surface area contributed by atoms with Crippen molar-refractivity contribution in [1.82, 2.24) is 4.98 Å².